The van der Waals surface area contributed by atoms with Crippen LogP contribution in [0.1, 0.15) is 21.5 Å². The summed E-state index contributed by atoms with van der Waals surface area (Å²) in [6, 6.07) is 19.0. The second-order valence-corrected chi connectivity index (χ2v) is 6.98. The van der Waals surface area contributed by atoms with Crippen LogP contribution in [-0.2, 0) is 6.54 Å². The van der Waals surface area contributed by atoms with Crippen molar-refractivity contribution in [3.63, 3.8) is 0 Å². The molecule has 1 amide bonds. The highest BCUT2D eigenvalue weighted by atomic mass is 16.7. The molecule has 5 rings (SSSR count). The van der Waals surface area contributed by atoms with Crippen molar-refractivity contribution in [2.45, 2.75) is 13.5 Å². The number of carbonyl (C=O) groups excluding carboxylic acids is 1. The molecule has 1 aromatic heterocycles. The fourth-order valence-corrected chi connectivity index (χ4v) is 3.33. The molecular formula is C23H18N2O4. The van der Waals surface area contributed by atoms with Crippen LogP contribution in [0, 0.1) is 6.92 Å². The van der Waals surface area contributed by atoms with Crippen molar-refractivity contribution in [2.75, 3.05) is 6.79 Å². The van der Waals surface area contributed by atoms with E-state index >= 15 is 0 Å². The van der Waals surface area contributed by atoms with Crippen molar-refractivity contribution >= 4 is 16.8 Å². The second-order valence-electron chi connectivity index (χ2n) is 6.98. The summed E-state index contributed by atoms with van der Waals surface area (Å²) in [5.74, 6) is 1.91. The van der Waals surface area contributed by atoms with Crippen molar-refractivity contribution in [1.29, 1.82) is 0 Å². The molecule has 0 bridgehead atoms. The summed E-state index contributed by atoms with van der Waals surface area (Å²) in [6.45, 7) is 2.65. The minimum atomic E-state index is -0.166. The van der Waals surface area contributed by atoms with Gasteiger partial charge in [-0.1, -0.05) is 41.1 Å². The summed E-state index contributed by atoms with van der Waals surface area (Å²) >= 11 is 0. The molecular weight excluding hydrogens is 368 g/mol. The van der Waals surface area contributed by atoms with E-state index in [1.54, 1.807) is 12.1 Å². The number of ether oxygens (including phenoxy) is 2. The predicted octanol–water partition coefficient (Wildman–Crippen LogP) is 4.46. The van der Waals surface area contributed by atoms with Crippen molar-refractivity contribution in [3.8, 4) is 22.8 Å². The normalized spacial score (nSPS) is 12.3. The van der Waals surface area contributed by atoms with E-state index in [2.05, 4.69) is 10.5 Å². The van der Waals surface area contributed by atoms with Crippen molar-refractivity contribution in [2.24, 2.45) is 0 Å². The predicted molar refractivity (Wildman–Crippen MR) is 108 cm³/mol. The minimum absolute atomic E-state index is 0.166. The molecule has 1 aliphatic rings. The number of benzene rings is 3. The molecule has 1 aliphatic heterocycles. The summed E-state index contributed by atoms with van der Waals surface area (Å²) in [6.07, 6.45) is 0. The van der Waals surface area contributed by atoms with E-state index in [1.807, 2.05) is 55.5 Å². The zero-order valence-electron chi connectivity index (χ0n) is 15.8. The Morgan fingerprint density at radius 1 is 1.00 bits per heavy atom. The van der Waals surface area contributed by atoms with Gasteiger partial charge in [-0.3, -0.25) is 4.79 Å². The van der Waals surface area contributed by atoms with Crippen molar-refractivity contribution in [1.82, 2.24) is 10.5 Å². The van der Waals surface area contributed by atoms with E-state index in [4.69, 9.17) is 14.0 Å². The third-order valence-corrected chi connectivity index (χ3v) is 4.94. The number of nitrogens with one attached hydrogen (secondary N) is 1. The zero-order chi connectivity index (χ0) is 19.8. The van der Waals surface area contributed by atoms with Crippen molar-refractivity contribution < 1.29 is 18.8 Å². The smallest absolute Gasteiger partial charge is 0.251 e. The molecule has 1 N–H and O–H groups in total. The maximum Gasteiger partial charge on any atom is 0.251 e. The molecule has 0 saturated carbocycles. The Morgan fingerprint density at radius 3 is 2.69 bits per heavy atom. The van der Waals surface area contributed by atoms with Gasteiger partial charge >= 0.3 is 0 Å². The van der Waals surface area contributed by atoms with Gasteiger partial charge in [0.05, 0.1) is 5.39 Å². The summed E-state index contributed by atoms with van der Waals surface area (Å²) in [5, 5.41) is 7.87. The zero-order valence-corrected chi connectivity index (χ0v) is 15.8. The monoisotopic (exact) mass is 386 g/mol. The molecule has 0 atom stereocenters. The van der Waals surface area contributed by atoms with Gasteiger partial charge in [-0.2, -0.15) is 0 Å². The summed E-state index contributed by atoms with van der Waals surface area (Å²) in [5.41, 5.74) is 4.30. The molecule has 0 fully saturated rings. The van der Waals surface area contributed by atoms with Gasteiger partial charge in [0, 0.05) is 17.7 Å². The fourth-order valence-electron chi connectivity index (χ4n) is 3.33. The molecule has 0 saturated heterocycles. The number of aromatic nitrogens is 1. The van der Waals surface area contributed by atoms with Crippen molar-refractivity contribution in [3.05, 3.63) is 77.4 Å². The lowest BCUT2D eigenvalue weighted by Gasteiger charge is -2.07. The summed E-state index contributed by atoms with van der Waals surface area (Å²) in [7, 11) is 0. The Balaban J connectivity index is 1.37. The molecule has 144 valence electrons. The Bertz CT molecular complexity index is 1210. The summed E-state index contributed by atoms with van der Waals surface area (Å²) < 4.78 is 16.2. The van der Waals surface area contributed by atoms with E-state index in [-0.39, 0.29) is 12.7 Å². The van der Waals surface area contributed by atoms with Crippen LogP contribution in [0.25, 0.3) is 22.2 Å². The largest absolute Gasteiger partial charge is 0.454 e. The van der Waals surface area contributed by atoms with Gasteiger partial charge in [0.1, 0.15) is 5.52 Å². The number of nitrogens with zero attached hydrogens (tertiary/aromatic N) is 1. The van der Waals surface area contributed by atoms with Crippen LogP contribution in [0.3, 0.4) is 0 Å². The summed E-state index contributed by atoms with van der Waals surface area (Å²) in [4.78, 5) is 12.7. The van der Waals surface area contributed by atoms with Crippen LogP contribution in [0.15, 0.2) is 65.2 Å². The highest BCUT2D eigenvalue weighted by Crippen LogP contribution is 2.32. The average Bonchev–Trinajstić information content (AvgIpc) is 3.38. The third-order valence-electron chi connectivity index (χ3n) is 4.94. The van der Waals surface area contributed by atoms with Crippen LogP contribution in [0.2, 0.25) is 0 Å². The Hall–Kier alpha value is -3.80. The molecule has 2 heterocycles. The maximum absolute atomic E-state index is 12.7. The molecule has 0 unspecified atom stereocenters. The number of hydrogen-bond donors (Lipinski definition) is 1. The first kappa shape index (κ1) is 17.3. The molecule has 3 aromatic carbocycles. The van der Waals surface area contributed by atoms with Gasteiger partial charge in [0.15, 0.2) is 17.3 Å². The van der Waals surface area contributed by atoms with Gasteiger partial charge in [0.2, 0.25) is 6.79 Å². The lowest BCUT2D eigenvalue weighted by atomic mass is 10.0. The molecule has 0 radical (unpaired) electrons. The van der Waals surface area contributed by atoms with Gasteiger partial charge in [-0.25, -0.2) is 0 Å². The van der Waals surface area contributed by atoms with Crippen LogP contribution in [0.5, 0.6) is 11.5 Å². The number of carbonyl (C=O) groups is 1. The van der Waals surface area contributed by atoms with Gasteiger partial charge in [-0.05, 0) is 42.8 Å². The molecule has 4 aromatic rings. The number of amides is 1. The fraction of sp³-hybridized carbons (Fsp3) is 0.130. The number of hydrogen-bond acceptors (Lipinski definition) is 5. The SMILES string of the molecule is Cc1ccc(-c2onc3ccc(C(=O)NCc4ccc5c(c4)OCO5)cc23)cc1. The quantitative estimate of drug-likeness (QED) is 0.560. The lowest BCUT2D eigenvalue weighted by molar-refractivity contribution is 0.0951. The highest BCUT2D eigenvalue weighted by Gasteiger charge is 2.16. The molecule has 6 nitrogen and oxygen atoms in total. The minimum Gasteiger partial charge on any atom is -0.454 e. The first-order valence-electron chi connectivity index (χ1n) is 9.30. The van der Waals surface area contributed by atoms with E-state index in [9.17, 15) is 4.79 Å². The molecule has 0 aliphatic carbocycles. The average molecular weight is 386 g/mol. The van der Waals surface area contributed by atoms with Gasteiger partial charge in [-0.15, -0.1) is 0 Å². The molecule has 6 heteroatoms. The lowest BCUT2D eigenvalue weighted by Crippen LogP contribution is -2.22. The number of rotatable bonds is 4. The van der Waals surface area contributed by atoms with Crippen LogP contribution < -0.4 is 14.8 Å². The second kappa shape index (κ2) is 6.98. The first-order chi connectivity index (χ1) is 14.2. The standard InChI is InChI=1S/C23H18N2O4/c1-14-2-5-16(6-3-14)22-18-11-17(7-8-19(18)25-29-22)23(26)24-12-15-4-9-20-21(10-15)28-13-27-20/h2-11H,12-13H2,1H3,(H,24,26). The van der Waals surface area contributed by atoms with Crippen LogP contribution in [-0.4, -0.2) is 17.9 Å². The van der Waals surface area contributed by atoms with Gasteiger partial charge in [0.25, 0.3) is 5.91 Å². The van der Waals surface area contributed by atoms with E-state index in [0.717, 1.165) is 22.3 Å². The van der Waals surface area contributed by atoms with E-state index in [1.165, 1.54) is 5.56 Å². The Morgan fingerprint density at radius 2 is 1.83 bits per heavy atom. The van der Waals surface area contributed by atoms with E-state index in [0.29, 0.717) is 29.1 Å². The molecule has 29 heavy (non-hydrogen) atoms. The highest BCUT2D eigenvalue weighted by molar-refractivity contribution is 6.01. The number of fused-ring (bicyclic) bond motifs is 2. The number of aryl methyl sites for hydroxylation is 1. The Labute approximate surface area is 167 Å². The van der Waals surface area contributed by atoms with Crippen LogP contribution >= 0.6 is 0 Å². The maximum atomic E-state index is 12.7. The topological polar surface area (TPSA) is 73.6 Å². The Kier molecular flexibility index (Phi) is 4.17. The third kappa shape index (κ3) is 3.29. The first-order valence-corrected chi connectivity index (χ1v) is 9.30. The van der Waals surface area contributed by atoms with Crippen LogP contribution in [0.4, 0.5) is 0 Å². The van der Waals surface area contributed by atoms with Gasteiger partial charge < -0.3 is 19.3 Å². The molecule has 0 spiro atoms. The van der Waals surface area contributed by atoms with E-state index < -0.39 is 0 Å².